The van der Waals surface area contributed by atoms with Gasteiger partial charge >= 0.3 is 11.9 Å². The molecule has 0 spiro atoms. The van der Waals surface area contributed by atoms with Crippen LogP contribution in [-0.2, 0) is 30.2 Å². The predicted octanol–water partition coefficient (Wildman–Crippen LogP) is 1.50. The number of carbonyl (C=O) groups is 2. The molecule has 1 aliphatic rings. The molecule has 1 N–H and O–H groups in total. The summed E-state index contributed by atoms with van der Waals surface area (Å²) < 4.78 is 17.7. The van der Waals surface area contributed by atoms with Crippen LogP contribution in [0.2, 0.25) is 0 Å². The Morgan fingerprint density at radius 2 is 2.12 bits per heavy atom. The summed E-state index contributed by atoms with van der Waals surface area (Å²) in [4.78, 5) is 37.5. The van der Waals surface area contributed by atoms with E-state index in [2.05, 4.69) is 9.72 Å². The Labute approximate surface area is 150 Å². The second kappa shape index (κ2) is 7.92. The summed E-state index contributed by atoms with van der Waals surface area (Å²) in [6.07, 6.45) is 0.660. The molecule has 8 nitrogen and oxygen atoms in total. The summed E-state index contributed by atoms with van der Waals surface area (Å²) in [7, 11) is 1.25. The Morgan fingerprint density at radius 1 is 1.44 bits per heavy atom. The van der Waals surface area contributed by atoms with Crippen LogP contribution < -0.4 is 5.56 Å². The molecule has 0 bridgehead atoms. The zero-order valence-electron chi connectivity index (χ0n) is 14.6. The Balaban J connectivity index is 2.45. The highest BCUT2D eigenvalue weighted by molar-refractivity contribution is 7.71. The van der Waals surface area contributed by atoms with Crippen molar-refractivity contribution in [2.75, 3.05) is 7.11 Å². The highest BCUT2D eigenvalue weighted by atomic mass is 32.1. The Hall–Kier alpha value is -2.00. The number of H-pyrrole nitrogens is 1. The van der Waals surface area contributed by atoms with Crippen LogP contribution in [0.3, 0.4) is 0 Å². The molecule has 2 rings (SSSR count). The molecule has 0 saturated carbocycles. The normalized spacial score (nSPS) is 25.6. The van der Waals surface area contributed by atoms with E-state index in [9.17, 15) is 14.4 Å². The van der Waals surface area contributed by atoms with E-state index in [0.29, 0.717) is 0 Å². The van der Waals surface area contributed by atoms with Gasteiger partial charge in [-0.15, -0.1) is 0 Å². The minimum Gasteiger partial charge on any atom is -0.469 e. The van der Waals surface area contributed by atoms with E-state index >= 15 is 0 Å². The third-order valence-electron chi connectivity index (χ3n) is 4.28. The quantitative estimate of drug-likeness (QED) is 0.619. The molecular weight excluding hydrogens is 348 g/mol. The molecule has 0 aromatic carbocycles. The maximum atomic E-state index is 12.0. The molecule has 1 aromatic heterocycles. The number of nitrogens with one attached hydrogen (secondary N) is 1. The SMILES string of the molecule is CC[C@H]1O[C@@H](n2cc(CC(=O)OC)c(=O)[nH]c2=S)C(OC(C)=O)[C@H]1C. The van der Waals surface area contributed by atoms with Crippen LogP contribution in [0.15, 0.2) is 11.0 Å². The molecule has 1 aliphatic heterocycles. The first-order valence-electron chi connectivity index (χ1n) is 8.02. The van der Waals surface area contributed by atoms with Gasteiger partial charge in [0, 0.05) is 24.6 Å². The lowest BCUT2D eigenvalue weighted by atomic mass is 9.98. The van der Waals surface area contributed by atoms with E-state index < -0.39 is 29.8 Å². The van der Waals surface area contributed by atoms with Gasteiger partial charge in [0.1, 0.15) is 0 Å². The van der Waals surface area contributed by atoms with Crippen molar-refractivity contribution in [1.29, 1.82) is 0 Å². The zero-order valence-corrected chi connectivity index (χ0v) is 15.4. The van der Waals surface area contributed by atoms with Crippen LogP contribution in [0.1, 0.15) is 39.0 Å². The maximum Gasteiger partial charge on any atom is 0.310 e. The fraction of sp³-hybridized carbons (Fsp3) is 0.625. The number of rotatable bonds is 5. The minimum atomic E-state index is -0.676. The van der Waals surface area contributed by atoms with Crippen LogP contribution in [0.4, 0.5) is 0 Å². The monoisotopic (exact) mass is 370 g/mol. The molecule has 1 fully saturated rings. The van der Waals surface area contributed by atoms with Crippen LogP contribution in [0.5, 0.6) is 0 Å². The molecule has 0 amide bonds. The number of aromatic nitrogens is 2. The number of aromatic amines is 1. The van der Waals surface area contributed by atoms with Crippen molar-refractivity contribution < 1.29 is 23.8 Å². The largest absolute Gasteiger partial charge is 0.469 e. The molecule has 0 aliphatic carbocycles. The van der Waals surface area contributed by atoms with Crippen molar-refractivity contribution in [3.8, 4) is 0 Å². The Bertz CT molecular complexity index is 771. The first kappa shape index (κ1) is 19.3. The standard InChI is InChI=1S/C16H22N2O6S/c1-5-11-8(2)13(23-9(3)19)15(24-11)18-7-10(6-12(20)22-4)14(21)17-16(18)25/h7-8,11,13,15H,5-6H2,1-4H3,(H,17,21,25)/t8-,11+,13?,15+/m0/s1. The van der Waals surface area contributed by atoms with Crippen LogP contribution in [0.25, 0.3) is 0 Å². The maximum absolute atomic E-state index is 12.0. The molecule has 2 heterocycles. The van der Waals surface area contributed by atoms with Crippen molar-refractivity contribution in [1.82, 2.24) is 9.55 Å². The lowest BCUT2D eigenvalue weighted by Gasteiger charge is -2.23. The second-order valence-corrected chi connectivity index (χ2v) is 6.37. The molecule has 1 aromatic rings. The average Bonchev–Trinajstić information content (AvgIpc) is 2.85. The summed E-state index contributed by atoms with van der Waals surface area (Å²) in [5, 5.41) is 0. The van der Waals surface area contributed by atoms with Crippen molar-refractivity contribution in [3.63, 3.8) is 0 Å². The molecule has 1 saturated heterocycles. The highest BCUT2D eigenvalue weighted by Gasteiger charge is 2.44. The summed E-state index contributed by atoms with van der Waals surface area (Å²) >= 11 is 5.23. The van der Waals surface area contributed by atoms with E-state index in [-0.39, 0.29) is 28.8 Å². The fourth-order valence-electron chi connectivity index (χ4n) is 2.97. The second-order valence-electron chi connectivity index (χ2n) is 5.98. The van der Waals surface area contributed by atoms with Crippen molar-refractivity contribution in [3.05, 3.63) is 26.9 Å². The van der Waals surface area contributed by atoms with Crippen LogP contribution >= 0.6 is 12.2 Å². The lowest BCUT2D eigenvalue weighted by molar-refractivity contribution is -0.153. The summed E-state index contributed by atoms with van der Waals surface area (Å²) in [5.74, 6) is -1.01. The summed E-state index contributed by atoms with van der Waals surface area (Å²) in [6, 6.07) is 0. The van der Waals surface area contributed by atoms with Gasteiger partial charge in [0.15, 0.2) is 17.1 Å². The predicted molar refractivity (Wildman–Crippen MR) is 90.5 cm³/mol. The third kappa shape index (κ3) is 4.16. The molecule has 9 heteroatoms. The summed E-state index contributed by atoms with van der Waals surface area (Å²) in [5.41, 5.74) is -0.271. The first-order valence-corrected chi connectivity index (χ1v) is 8.43. The van der Waals surface area contributed by atoms with E-state index in [4.69, 9.17) is 21.7 Å². The van der Waals surface area contributed by atoms with Crippen LogP contribution in [-0.4, -0.2) is 40.8 Å². The van der Waals surface area contributed by atoms with Gasteiger partial charge in [-0.25, -0.2) is 0 Å². The number of esters is 2. The minimum absolute atomic E-state index is 0.0446. The van der Waals surface area contributed by atoms with E-state index in [1.807, 2.05) is 13.8 Å². The van der Waals surface area contributed by atoms with Gasteiger partial charge in [-0.2, -0.15) is 0 Å². The van der Waals surface area contributed by atoms with Gasteiger partial charge in [-0.1, -0.05) is 13.8 Å². The van der Waals surface area contributed by atoms with Gasteiger partial charge in [-0.3, -0.25) is 23.9 Å². The molecule has 1 unspecified atom stereocenters. The molecule has 138 valence electrons. The molecular formula is C16H22N2O6S. The summed E-state index contributed by atoms with van der Waals surface area (Å²) in [6.45, 7) is 5.24. The van der Waals surface area contributed by atoms with E-state index in [1.54, 1.807) is 0 Å². The zero-order chi connectivity index (χ0) is 18.7. The molecule has 4 atom stereocenters. The van der Waals surface area contributed by atoms with Crippen LogP contribution in [0, 0.1) is 10.7 Å². The van der Waals surface area contributed by atoms with Crippen molar-refractivity contribution in [2.45, 2.75) is 52.0 Å². The highest BCUT2D eigenvalue weighted by Crippen LogP contribution is 2.37. The number of hydrogen-bond acceptors (Lipinski definition) is 7. The van der Waals surface area contributed by atoms with Gasteiger partial charge < -0.3 is 14.2 Å². The van der Waals surface area contributed by atoms with E-state index in [1.165, 1.54) is 24.8 Å². The average molecular weight is 370 g/mol. The third-order valence-corrected chi connectivity index (χ3v) is 4.60. The van der Waals surface area contributed by atoms with Crippen molar-refractivity contribution in [2.24, 2.45) is 5.92 Å². The van der Waals surface area contributed by atoms with E-state index in [0.717, 1.165) is 6.42 Å². The molecule has 25 heavy (non-hydrogen) atoms. The number of methoxy groups -OCH3 is 1. The van der Waals surface area contributed by atoms with Gasteiger partial charge in [0.2, 0.25) is 0 Å². The Kier molecular flexibility index (Phi) is 6.12. The Morgan fingerprint density at radius 3 is 2.68 bits per heavy atom. The number of ether oxygens (including phenoxy) is 3. The number of hydrogen-bond donors (Lipinski definition) is 1. The first-order chi connectivity index (χ1) is 11.8. The van der Waals surface area contributed by atoms with Gasteiger partial charge in [0.05, 0.1) is 19.6 Å². The number of nitrogens with zero attached hydrogens (tertiary/aromatic N) is 1. The van der Waals surface area contributed by atoms with Gasteiger partial charge in [-0.05, 0) is 18.6 Å². The molecule has 0 radical (unpaired) electrons. The van der Waals surface area contributed by atoms with Crippen molar-refractivity contribution >= 4 is 24.2 Å². The smallest absolute Gasteiger partial charge is 0.310 e. The van der Waals surface area contributed by atoms with Gasteiger partial charge in [0.25, 0.3) is 5.56 Å². The number of carbonyl (C=O) groups excluding carboxylic acids is 2. The lowest BCUT2D eigenvalue weighted by Crippen LogP contribution is -2.31. The topological polar surface area (TPSA) is 99.6 Å². The fourth-order valence-corrected chi connectivity index (χ4v) is 3.22.